The van der Waals surface area contributed by atoms with Crippen molar-refractivity contribution in [2.45, 2.75) is 25.9 Å². The average molecular weight is 320 g/mol. The number of nitriles is 1. The molecule has 0 aliphatic carbocycles. The van der Waals surface area contributed by atoms with Crippen molar-refractivity contribution in [3.63, 3.8) is 0 Å². The Morgan fingerprint density at radius 3 is 3.12 bits per heavy atom. The minimum atomic E-state index is 0.586. The van der Waals surface area contributed by atoms with Crippen LogP contribution in [0.3, 0.4) is 0 Å². The molecule has 0 aromatic carbocycles. The molecule has 0 spiro atoms. The molecular weight excluding hydrogens is 300 g/mol. The van der Waals surface area contributed by atoms with Crippen molar-refractivity contribution in [2.75, 3.05) is 13.1 Å². The highest BCUT2D eigenvalue weighted by Crippen LogP contribution is 2.23. The summed E-state index contributed by atoms with van der Waals surface area (Å²) in [6.07, 6.45) is 9.88. The molecule has 122 valence electrons. The van der Waals surface area contributed by atoms with Gasteiger partial charge in [-0.3, -0.25) is 9.58 Å². The molecule has 3 aromatic heterocycles. The normalized spacial score (nSPS) is 18.7. The Bertz CT molecular complexity index is 857. The number of aromatic nitrogens is 4. The van der Waals surface area contributed by atoms with E-state index in [1.807, 2.05) is 33.5 Å². The fraction of sp³-hybridized carbons (Fsp3) is 0.389. The molecule has 0 radical (unpaired) electrons. The lowest BCUT2D eigenvalue weighted by Crippen LogP contribution is -2.36. The van der Waals surface area contributed by atoms with Crippen LogP contribution in [0.25, 0.3) is 5.52 Å². The summed E-state index contributed by atoms with van der Waals surface area (Å²) in [5.41, 5.74) is 2.91. The molecule has 1 atom stereocenters. The van der Waals surface area contributed by atoms with Crippen LogP contribution in [0.15, 0.2) is 43.2 Å². The van der Waals surface area contributed by atoms with Crippen molar-refractivity contribution in [1.82, 2.24) is 24.1 Å². The fourth-order valence-electron chi connectivity index (χ4n) is 3.70. The Kier molecular flexibility index (Phi) is 4.01. The third kappa shape index (κ3) is 2.91. The van der Waals surface area contributed by atoms with Crippen LogP contribution in [-0.4, -0.2) is 37.2 Å². The van der Waals surface area contributed by atoms with Crippen molar-refractivity contribution in [3.05, 3.63) is 54.4 Å². The van der Waals surface area contributed by atoms with Gasteiger partial charge in [0.05, 0.1) is 11.1 Å². The Morgan fingerprint density at radius 2 is 2.29 bits per heavy atom. The highest BCUT2D eigenvalue weighted by atomic mass is 15.3. The second-order valence-corrected chi connectivity index (χ2v) is 6.50. The van der Waals surface area contributed by atoms with Gasteiger partial charge in [0.2, 0.25) is 0 Å². The molecule has 1 unspecified atom stereocenters. The van der Waals surface area contributed by atoms with E-state index in [-0.39, 0.29) is 0 Å². The molecule has 1 aliphatic heterocycles. The molecule has 0 N–H and O–H groups in total. The summed E-state index contributed by atoms with van der Waals surface area (Å²) in [6, 6.07) is 8.37. The van der Waals surface area contributed by atoms with Gasteiger partial charge in [-0.2, -0.15) is 10.4 Å². The van der Waals surface area contributed by atoms with Crippen molar-refractivity contribution < 1.29 is 0 Å². The minimum Gasteiger partial charge on any atom is -0.322 e. The van der Waals surface area contributed by atoms with Gasteiger partial charge >= 0.3 is 0 Å². The second kappa shape index (κ2) is 6.46. The van der Waals surface area contributed by atoms with Gasteiger partial charge in [0, 0.05) is 37.6 Å². The average Bonchev–Trinajstić information content (AvgIpc) is 3.22. The maximum absolute atomic E-state index is 9.56. The van der Waals surface area contributed by atoms with E-state index in [1.165, 1.54) is 12.8 Å². The molecule has 24 heavy (non-hydrogen) atoms. The Balaban J connectivity index is 1.50. The highest BCUT2D eigenvalue weighted by molar-refractivity contribution is 5.65. The van der Waals surface area contributed by atoms with Crippen LogP contribution >= 0.6 is 0 Å². The fourth-order valence-corrected chi connectivity index (χ4v) is 3.70. The van der Waals surface area contributed by atoms with Gasteiger partial charge in [0.15, 0.2) is 0 Å². The summed E-state index contributed by atoms with van der Waals surface area (Å²) < 4.78 is 3.96. The predicted molar refractivity (Wildman–Crippen MR) is 90.1 cm³/mol. The number of rotatable bonds is 4. The van der Waals surface area contributed by atoms with E-state index < -0.39 is 0 Å². The van der Waals surface area contributed by atoms with Gasteiger partial charge in [-0.15, -0.1) is 0 Å². The first kappa shape index (κ1) is 14.9. The van der Waals surface area contributed by atoms with Crippen molar-refractivity contribution in [1.29, 1.82) is 5.26 Å². The maximum Gasteiger partial charge on any atom is 0.137 e. The molecule has 0 bridgehead atoms. The van der Waals surface area contributed by atoms with Crippen LogP contribution in [0, 0.1) is 17.2 Å². The smallest absolute Gasteiger partial charge is 0.137 e. The third-order valence-electron chi connectivity index (χ3n) is 4.78. The van der Waals surface area contributed by atoms with Crippen molar-refractivity contribution >= 4 is 5.52 Å². The van der Waals surface area contributed by atoms with Crippen molar-refractivity contribution in [2.24, 2.45) is 5.92 Å². The molecule has 1 fully saturated rings. The zero-order chi connectivity index (χ0) is 16.4. The number of hydrogen-bond acceptors (Lipinski definition) is 4. The van der Waals surface area contributed by atoms with Crippen LogP contribution in [0.5, 0.6) is 0 Å². The van der Waals surface area contributed by atoms with Crippen LogP contribution in [0.1, 0.15) is 24.0 Å². The van der Waals surface area contributed by atoms with E-state index in [9.17, 15) is 5.26 Å². The SMILES string of the molecule is N#Cc1c(CN2CCCC(Cn3cncn3)C2)cn2ccccc12. The number of pyridine rings is 1. The molecule has 6 heteroatoms. The summed E-state index contributed by atoms with van der Waals surface area (Å²) in [7, 11) is 0. The Morgan fingerprint density at radius 1 is 1.33 bits per heavy atom. The molecular formula is C18H20N6. The molecule has 6 nitrogen and oxygen atoms in total. The standard InChI is InChI=1S/C18H20N6/c19-8-17-16(12-23-7-2-1-5-18(17)23)11-22-6-3-4-15(9-22)10-24-14-20-13-21-24/h1-2,5,7,12-15H,3-4,6,9-11H2. The van der Waals surface area contributed by atoms with Crippen LogP contribution in [-0.2, 0) is 13.1 Å². The minimum absolute atomic E-state index is 0.586. The van der Waals surface area contributed by atoms with Gasteiger partial charge in [-0.1, -0.05) is 6.07 Å². The molecule has 1 saturated heterocycles. The van der Waals surface area contributed by atoms with Crippen LogP contribution in [0.2, 0.25) is 0 Å². The Labute approximate surface area is 140 Å². The number of fused-ring (bicyclic) bond motifs is 1. The lowest BCUT2D eigenvalue weighted by Gasteiger charge is -2.32. The molecule has 0 amide bonds. The summed E-state index contributed by atoms with van der Waals surface area (Å²) in [5, 5.41) is 13.8. The first-order chi connectivity index (χ1) is 11.8. The maximum atomic E-state index is 9.56. The molecule has 4 heterocycles. The van der Waals surface area contributed by atoms with Gasteiger partial charge in [0.25, 0.3) is 0 Å². The van der Waals surface area contributed by atoms with Crippen LogP contribution in [0.4, 0.5) is 0 Å². The summed E-state index contributed by atoms with van der Waals surface area (Å²) >= 11 is 0. The molecule has 0 saturated carbocycles. The second-order valence-electron chi connectivity index (χ2n) is 6.50. The summed E-state index contributed by atoms with van der Waals surface area (Å²) in [4.78, 5) is 6.48. The number of likely N-dealkylation sites (tertiary alicyclic amines) is 1. The lowest BCUT2D eigenvalue weighted by atomic mass is 9.97. The summed E-state index contributed by atoms with van der Waals surface area (Å²) in [6.45, 7) is 3.87. The number of hydrogen-bond donors (Lipinski definition) is 0. The molecule has 4 rings (SSSR count). The zero-order valence-electron chi connectivity index (χ0n) is 13.5. The van der Waals surface area contributed by atoms with Gasteiger partial charge in [-0.25, -0.2) is 4.98 Å². The first-order valence-electron chi connectivity index (χ1n) is 8.37. The Hall–Kier alpha value is -2.65. The summed E-state index contributed by atoms with van der Waals surface area (Å²) in [5.74, 6) is 0.586. The lowest BCUT2D eigenvalue weighted by molar-refractivity contribution is 0.153. The molecule has 3 aromatic rings. The van der Waals surface area contributed by atoms with E-state index >= 15 is 0 Å². The molecule has 1 aliphatic rings. The van der Waals surface area contributed by atoms with E-state index in [1.54, 1.807) is 12.7 Å². The zero-order valence-corrected chi connectivity index (χ0v) is 13.5. The van der Waals surface area contributed by atoms with Gasteiger partial charge in [0.1, 0.15) is 18.7 Å². The van der Waals surface area contributed by atoms with Gasteiger partial charge < -0.3 is 4.40 Å². The largest absolute Gasteiger partial charge is 0.322 e. The predicted octanol–water partition coefficient (Wildman–Crippen LogP) is 2.31. The first-order valence-corrected chi connectivity index (χ1v) is 8.37. The monoisotopic (exact) mass is 320 g/mol. The van der Waals surface area contributed by atoms with Gasteiger partial charge in [-0.05, 0) is 37.4 Å². The number of piperidine rings is 1. The quantitative estimate of drug-likeness (QED) is 0.740. The van der Waals surface area contributed by atoms with E-state index in [0.717, 1.165) is 42.8 Å². The topological polar surface area (TPSA) is 62.2 Å². The van der Waals surface area contributed by atoms with E-state index in [0.29, 0.717) is 5.92 Å². The number of nitrogens with zero attached hydrogens (tertiary/aromatic N) is 6. The van der Waals surface area contributed by atoms with Crippen molar-refractivity contribution in [3.8, 4) is 6.07 Å². The van der Waals surface area contributed by atoms with E-state index in [4.69, 9.17) is 0 Å². The third-order valence-corrected chi connectivity index (χ3v) is 4.78. The van der Waals surface area contributed by atoms with Crippen LogP contribution < -0.4 is 0 Å². The van der Waals surface area contributed by atoms with E-state index in [2.05, 4.69) is 27.2 Å². The highest BCUT2D eigenvalue weighted by Gasteiger charge is 2.22.